The van der Waals surface area contributed by atoms with Crippen molar-refractivity contribution in [3.05, 3.63) is 35.6 Å². The second-order valence-corrected chi connectivity index (χ2v) is 5.28. The van der Waals surface area contributed by atoms with Crippen LogP contribution in [0.3, 0.4) is 0 Å². The van der Waals surface area contributed by atoms with Crippen molar-refractivity contribution in [2.24, 2.45) is 5.92 Å². The molecule has 118 valence electrons. The van der Waals surface area contributed by atoms with E-state index >= 15 is 0 Å². The summed E-state index contributed by atoms with van der Waals surface area (Å²) < 4.78 is 18.2. The van der Waals surface area contributed by atoms with Crippen LogP contribution in [0.15, 0.2) is 24.3 Å². The molecule has 0 radical (unpaired) electrons. The van der Waals surface area contributed by atoms with Gasteiger partial charge in [-0.15, -0.1) is 0 Å². The minimum atomic E-state index is -0.747. The summed E-state index contributed by atoms with van der Waals surface area (Å²) in [5.74, 6) is 0.0622. The Morgan fingerprint density at radius 1 is 1.33 bits per heavy atom. The molecule has 0 heterocycles. The minimum Gasteiger partial charge on any atom is -0.389 e. The molecule has 0 saturated heterocycles. The maximum atomic E-state index is 12.9. The van der Waals surface area contributed by atoms with Crippen LogP contribution < -0.4 is 10.6 Å². The van der Waals surface area contributed by atoms with Crippen molar-refractivity contribution >= 4 is 6.03 Å². The van der Waals surface area contributed by atoms with Gasteiger partial charge in [0.2, 0.25) is 0 Å². The fourth-order valence-corrected chi connectivity index (χ4v) is 1.60. The van der Waals surface area contributed by atoms with Crippen LogP contribution in [-0.2, 0) is 11.3 Å². The van der Waals surface area contributed by atoms with E-state index < -0.39 is 12.1 Å². The molecule has 0 aliphatic heterocycles. The highest BCUT2D eigenvalue weighted by Gasteiger charge is 2.07. The molecule has 0 spiro atoms. The third-order valence-corrected chi connectivity index (χ3v) is 2.60. The van der Waals surface area contributed by atoms with Gasteiger partial charge in [0.25, 0.3) is 0 Å². The quantitative estimate of drug-likeness (QED) is 0.683. The van der Waals surface area contributed by atoms with Gasteiger partial charge in [-0.3, -0.25) is 0 Å². The first-order valence-corrected chi connectivity index (χ1v) is 6.99. The van der Waals surface area contributed by atoms with Crippen molar-refractivity contribution in [1.29, 1.82) is 0 Å². The number of carbonyl (C=O) groups is 1. The lowest BCUT2D eigenvalue weighted by Gasteiger charge is -2.14. The Hall–Kier alpha value is -1.66. The molecule has 0 bridgehead atoms. The molecule has 0 aliphatic rings. The number of hydrogen-bond donors (Lipinski definition) is 3. The second-order valence-electron chi connectivity index (χ2n) is 5.28. The smallest absolute Gasteiger partial charge is 0.315 e. The standard InChI is InChI=1S/C15H23FN2O3/c1-11(2)9-21-10-14(19)8-18-15(20)17-7-12-4-3-5-13(16)6-12/h3-6,11,14,19H,7-10H2,1-2H3,(H2,17,18,20). The van der Waals surface area contributed by atoms with Crippen LogP contribution in [0, 0.1) is 11.7 Å². The fraction of sp³-hybridized carbons (Fsp3) is 0.533. The molecule has 1 atom stereocenters. The number of aliphatic hydroxyl groups is 1. The highest BCUT2D eigenvalue weighted by atomic mass is 19.1. The normalized spacial score (nSPS) is 12.2. The zero-order valence-electron chi connectivity index (χ0n) is 12.4. The molecule has 0 fully saturated rings. The Bertz CT molecular complexity index is 441. The molecule has 0 saturated carbocycles. The Kier molecular flexibility index (Phi) is 7.71. The van der Waals surface area contributed by atoms with Gasteiger partial charge in [0.05, 0.1) is 12.7 Å². The minimum absolute atomic E-state index is 0.104. The number of halogens is 1. The Balaban J connectivity index is 2.16. The number of aliphatic hydroxyl groups excluding tert-OH is 1. The summed E-state index contributed by atoms with van der Waals surface area (Å²) in [5.41, 5.74) is 0.672. The summed E-state index contributed by atoms with van der Waals surface area (Å²) >= 11 is 0. The van der Waals surface area contributed by atoms with E-state index in [1.165, 1.54) is 12.1 Å². The van der Waals surface area contributed by atoms with Gasteiger partial charge < -0.3 is 20.5 Å². The van der Waals surface area contributed by atoms with Crippen molar-refractivity contribution in [1.82, 2.24) is 10.6 Å². The van der Waals surface area contributed by atoms with Crippen molar-refractivity contribution in [2.45, 2.75) is 26.5 Å². The first kappa shape index (κ1) is 17.4. The number of hydrogen-bond acceptors (Lipinski definition) is 3. The Labute approximate surface area is 124 Å². The van der Waals surface area contributed by atoms with Crippen LogP contribution >= 0.6 is 0 Å². The summed E-state index contributed by atoms with van der Waals surface area (Å²) in [6.45, 7) is 5.12. The molecule has 6 heteroatoms. The van der Waals surface area contributed by atoms with Crippen LogP contribution in [0.25, 0.3) is 0 Å². The zero-order chi connectivity index (χ0) is 15.7. The molecule has 1 aromatic rings. The van der Waals surface area contributed by atoms with Gasteiger partial charge in [-0.2, -0.15) is 0 Å². The first-order chi connectivity index (χ1) is 9.97. The largest absolute Gasteiger partial charge is 0.389 e. The van der Waals surface area contributed by atoms with Crippen molar-refractivity contribution in [3.63, 3.8) is 0 Å². The van der Waals surface area contributed by atoms with Gasteiger partial charge in [-0.05, 0) is 23.6 Å². The SMILES string of the molecule is CC(C)COCC(O)CNC(=O)NCc1cccc(F)c1. The van der Waals surface area contributed by atoms with E-state index in [0.29, 0.717) is 18.1 Å². The molecule has 5 nitrogen and oxygen atoms in total. The van der Waals surface area contributed by atoms with Gasteiger partial charge in [0.1, 0.15) is 5.82 Å². The van der Waals surface area contributed by atoms with E-state index in [2.05, 4.69) is 10.6 Å². The van der Waals surface area contributed by atoms with Gasteiger partial charge in [0.15, 0.2) is 0 Å². The number of urea groups is 1. The first-order valence-electron chi connectivity index (χ1n) is 6.99. The summed E-state index contributed by atoms with van der Waals surface area (Å²) in [5, 5.41) is 14.7. The summed E-state index contributed by atoms with van der Waals surface area (Å²) in [6, 6.07) is 5.59. The predicted octanol–water partition coefficient (Wildman–Crippen LogP) is 1.66. The third kappa shape index (κ3) is 8.27. The van der Waals surface area contributed by atoms with Crippen LogP contribution in [0.4, 0.5) is 9.18 Å². The number of carbonyl (C=O) groups excluding carboxylic acids is 1. The predicted molar refractivity (Wildman–Crippen MR) is 78.3 cm³/mol. The molecule has 2 amide bonds. The Morgan fingerprint density at radius 3 is 2.76 bits per heavy atom. The van der Waals surface area contributed by atoms with Gasteiger partial charge in [-0.25, -0.2) is 9.18 Å². The molecular weight excluding hydrogens is 275 g/mol. The lowest BCUT2D eigenvalue weighted by atomic mass is 10.2. The molecule has 21 heavy (non-hydrogen) atoms. The van der Waals surface area contributed by atoms with Crippen molar-refractivity contribution < 1.29 is 19.0 Å². The van der Waals surface area contributed by atoms with Crippen molar-refractivity contribution in [2.75, 3.05) is 19.8 Å². The Morgan fingerprint density at radius 2 is 2.10 bits per heavy atom. The summed E-state index contributed by atoms with van der Waals surface area (Å²) in [4.78, 5) is 11.5. The van der Waals surface area contributed by atoms with E-state index in [-0.39, 0.29) is 25.5 Å². The summed E-state index contributed by atoms with van der Waals surface area (Å²) in [7, 11) is 0. The molecule has 1 aromatic carbocycles. The fourth-order valence-electron chi connectivity index (χ4n) is 1.60. The average Bonchev–Trinajstić information content (AvgIpc) is 2.42. The molecule has 0 aliphatic carbocycles. The number of benzene rings is 1. The van der Waals surface area contributed by atoms with Gasteiger partial charge >= 0.3 is 6.03 Å². The molecule has 1 rings (SSSR count). The van der Waals surface area contributed by atoms with Crippen LogP contribution in [0.5, 0.6) is 0 Å². The monoisotopic (exact) mass is 298 g/mol. The van der Waals surface area contributed by atoms with Crippen LogP contribution in [-0.4, -0.2) is 37.0 Å². The number of rotatable bonds is 8. The third-order valence-electron chi connectivity index (χ3n) is 2.60. The van der Waals surface area contributed by atoms with E-state index in [1.807, 2.05) is 13.8 Å². The lowest BCUT2D eigenvalue weighted by molar-refractivity contribution is 0.0272. The molecule has 3 N–H and O–H groups in total. The number of ether oxygens (including phenoxy) is 1. The highest BCUT2D eigenvalue weighted by molar-refractivity contribution is 5.73. The number of nitrogens with one attached hydrogen (secondary N) is 2. The zero-order valence-corrected chi connectivity index (χ0v) is 12.4. The van der Waals surface area contributed by atoms with E-state index in [9.17, 15) is 14.3 Å². The van der Waals surface area contributed by atoms with Crippen LogP contribution in [0.1, 0.15) is 19.4 Å². The topological polar surface area (TPSA) is 70.6 Å². The van der Waals surface area contributed by atoms with Gasteiger partial charge in [0, 0.05) is 19.7 Å². The lowest BCUT2D eigenvalue weighted by Crippen LogP contribution is -2.40. The molecule has 1 unspecified atom stereocenters. The van der Waals surface area contributed by atoms with Crippen molar-refractivity contribution in [3.8, 4) is 0 Å². The second kappa shape index (κ2) is 9.31. The van der Waals surface area contributed by atoms with E-state index in [0.717, 1.165) is 0 Å². The average molecular weight is 298 g/mol. The van der Waals surface area contributed by atoms with E-state index in [4.69, 9.17) is 4.74 Å². The summed E-state index contributed by atoms with van der Waals surface area (Å²) in [6.07, 6.45) is -0.747. The molecule has 0 aromatic heterocycles. The highest BCUT2D eigenvalue weighted by Crippen LogP contribution is 2.02. The molecular formula is C15H23FN2O3. The van der Waals surface area contributed by atoms with E-state index in [1.54, 1.807) is 12.1 Å². The van der Waals surface area contributed by atoms with Gasteiger partial charge in [-0.1, -0.05) is 26.0 Å². The number of amides is 2. The van der Waals surface area contributed by atoms with Crippen LogP contribution in [0.2, 0.25) is 0 Å². The maximum absolute atomic E-state index is 12.9. The maximum Gasteiger partial charge on any atom is 0.315 e.